The quantitative estimate of drug-likeness (QED) is 0.683. The molecule has 12 heavy (non-hydrogen) atoms. The summed E-state index contributed by atoms with van der Waals surface area (Å²) in [6, 6.07) is 0.515. The van der Waals surface area contributed by atoms with Crippen LogP contribution in [-0.4, -0.2) is 42.0 Å². The Kier molecular flexibility index (Phi) is 3.98. The third-order valence-corrected chi connectivity index (χ3v) is 2.39. The highest BCUT2D eigenvalue weighted by molar-refractivity contribution is 4.76. The summed E-state index contributed by atoms with van der Waals surface area (Å²) in [5.74, 6) is 0. The van der Waals surface area contributed by atoms with E-state index in [0.29, 0.717) is 6.04 Å². The van der Waals surface area contributed by atoms with Crippen molar-refractivity contribution in [2.75, 3.05) is 19.8 Å². The van der Waals surface area contributed by atoms with E-state index in [1.807, 2.05) is 0 Å². The first kappa shape index (κ1) is 9.96. The molecule has 0 amide bonds. The number of hydrogen-bond acceptors (Lipinski definition) is 3. The van der Waals surface area contributed by atoms with Crippen LogP contribution in [0.15, 0.2) is 0 Å². The lowest BCUT2D eigenvalue weighted by molar-refractivity contribution is 0.0258. The SMILES string of the molecule is CCC1OCC(C)N1CCCO. The highest BCUT2D eigenvalue weighted by atomic mass is 16.5. The van der Waals surface area contributed by atoms with E-state index in [1.165, 1.54) is 0 Å². The molecular formula is C9H19NO2. The van der Waals surface area contributed by atoms with Crippen LogP contribution in [0.4, 0.5) is 0 Å². The fourth-order valence-electron chi connectivity index (χ4n) is 1.70. The molecule has 3 nitrogen and oxygen atoms in total. The zero-order valence-corrected chi connectivity index (χ0v) is 7.99. The van der Waals surface area contributed by atoms with Crippen LogP contribution < -0.4 is 0 Å². The molecule has 2 atom stereocenters. The van der Waals surface area contributed by atoms with Gasteiger partial charge in [-0.3, -0.25) is 4.90 Å². The molecule has 1 saturated heterocycles. The fourth-order valence-corrected chi connectivity index (χ4v) is 1.70. The van der Waals surface area contributed by atoms with Gasteiger partial charge in [-0.05, 0) is 19.8 Å². The minimum Gasteiger partial charge on any atom is -0.396 e. The first-order chi connectivity index (χ1) is 5.79. The van der Waals surface area contributed by atoms with E-state index in [-0.39, 0.29) is 12.8 Å². The van der Waals surface area contributed by atoms with Crippen molar-refractivity contribution < 1.29 is 9.84 Å². The van der Waals surface area contributed by atoms with Crippen LogP contribution >= 0.6 is 0 Å². The van der Waals surface area contributed by atoms with E-state index in [2.05, 4.69) is 18.7 Å². The van der Waals surface area contributed by atoms with Gasteiger partial charge in [-0.2, -0.15) is 0 Å². The van der Waals surface area contributed by atoms with Gasteiger partial charge >= 0.3 is 0 Å². The summed E-state index contributed by atoms with van der Waals surface area (Å²) >= 11 is 0. The van der Waals surface area contributed by atoms with Crippen LogP contribution in [-0.2, 0) is 4.74 Å². The Morgan fingerprint density at radius 2 is 2.33 bits per heavy atom. The van der Waals surface area contributed by atoms with Crippen molar-refractivity contribution in [2.24, 2.45) is 0 Å². The molecule has 72 valence electrons. The predicted octanol–water partition coefficient (Wildman–Crippen LogP) is 0.826. The van der Waals surface area contributed by atoms with Crippen LogP contribution in [0.5, 0.6) is 0 Å². The van der Waals surface area contributed by atoms with Crippen LogP contribution in [0.25, 0.3) is 0 Å². The predicted molar refractivity (Wildman–Crippen MR) is 47.9 cm³/mol. The summed E-state index contributed by atoms with van der Waals surface area (Å²) in [4.78, 5) is 2.33. The normalized spacial score (nSPS) is 31.2. The van der Waals surface area contributed by atoms with E-state index in [0.717, 1.165) is 26.0 Å². The summed E-state index contributed by atoms with van der Waals surface area (Å²) in [7, 11) is 0. The summed E-state index contributed by atoms with van der Waals surface area (Å²) in [6.45, 7) is 6.38. The maximum absolute atomic E-state index is 8.70. The van der Waals surface area contributed by atoms with Crippen LogP contribution in [0.2, 0.25) is 0 Å². The summed E-state index contributed by atoms with van der Waals surface area (Å²) in [6.07, 6.45) is 2.17. The Labute approximate surface area is 74.3 Å². The Morgan fingerprint density at radius 1 is 1.58 bits per heavy atom. The van der Waals surface area contributed by atoms with Gasteiger partial charge in [0.05, 0.1) is 6.61 Å². The van der Waals surface area contributed by atoms with Crippen LogP contribution in [0, 0.1) is 0 Å². The molecule has 0 saturated carbocycles. The van der Waals surface area contributed by atoms with Gasteiger partial charge < -0.3 is 9.84 Å². The standard InChI is InChI=1S/C9H19NO2/c1-3-9-10(5-4-6-11)8(2)7-12-9/h8-9,11H,3-7H2,1-2H3. The first-order valence-corrected chi connectivity index (χ1v) is 4.77. The fraction of sp³-hybridized carbons (Fsp3) is 1.00. The van der Waals surface area contributed by atoms with Gasteiger partial charge in [0.25, 0.3) is 0 Å². The maximum Gasteiger partial charge on any atom is 0.110 e. The van der Waals surface area contributed by atoms with Gasteiger partial charge in [-0.1, -0.05) is 6.92 Å². The second kappa shape index (κ2) is 4.80. The van der Waals surface area contributed by atoms with Gasteiger partial charge in [0.15, 0.2) is 0 Å². The molecule has 1 aliphatic rings. The zero-order valence-electron chi connectivity index (χ0n) is 7.99. The Balaban J connectivity index is 2.35. The monoisotopic (exact) mass is 173 g/mol. The molecule has 1 heterocycles. The Bertz CT molecular complexity index is 130. The number of nitrogens with zero attached hydrogens (tertiary/aromatic N) is 1. The molecule has 2 unspecified atom stereocenters. The molecular weight excluding hydrogens is 154 g/mol. The van der Waals surface area contributed by atoms with Crippen molar-refractivity contribution >= 4 is 0 Å². The lowest BCUT2D eigenvalue weighted by Crippen LogP contribution is -2.36. The lowest BCUT2D eigenvalue weighted by atomic mass is 10.2. The van der Waals surface area contributed by atoms with Gasteiger partial charge in [0.1, 0.15) is 6.23 Å². The topological polar surface area (TPSA) is 32.7 Å². The van der Waals surface area contributed by atoms with E-state index >= 15 is 0 Å². The van der Waals surface area contributed by atoms with E-state index < -0.39 is 0 Å². The highest BCUT2D eigenvalue weighted by Crippen LogP contribution is 2.18. The molecule has 0 bridgehead atoms. The minimum atomic E-state index is 0.277. The number of hydrogen-bond donors (Lipinski definition) is 1. The Hall–Kier alpha value is -0.120. The molecule has 0 spiro atoms. The van der Waals surface area contributed by atoms with Gasteiger partial charge in [-0.25, -0.2) is 0 Å². The molecule has 1 fully saturated rings. The molecule has 0 aromatic carbocycles. The first-order valence-electron chi connectivity index (χ1n) is 4.77. The van der Waals surface area contributed by atoms with Crippen molar-refractivity contribution in [2.45, 2.75) is 39.0 Å². The maximum atomic E-state index is 8.70. The third-order valence-electron chi connectivity index (χ3n) is 2.39. The molecule has 1 aliphatic heterocycles. The van der Waals surface area contributed by atoms with Crippen LogP contribution in [0.1, 0.15) is 26.7 Å². The molecule has 1 N–H and O–H groups in total. The number of aliphatic hydroxyl groups excluding tert-OH is 1. The largest absolute Gasteiger partial charge is 0.396 e. The van der Waals surface area contributed by atoms with Crippen LogP contribution in [0.3, 0.4) is 0 Å². The summed E-state index contributed by atoms with van der Waals surface area (Å²) in [5, 5.41) is 8.70. The smallest absolute Gasteiger partial charge is 0.110 e. The number of rotatable bonds is 4. The van der Waals surface area contributed by atoms with Crippen molar-refractivity contribution in [1.29, 1.82) is 0 Å². The lowest BCUT2D eigenvalue weighted by Gasteiger charge is -2.24. The third kappa shape index (κ3) is 2.19. The zero-order chi connectivity index (χ0) is 8.97. The van der Waals surface area contributed by atoms with Crippen molar-refractivity contribution in [1.82, 2.24) is 4.90 Å². The number of ether oxygens (including phenoxy) is 1. The van der Waals surface area contributed by atoms with Crippen molar-refractivity contribution in [3.05, 3.63) is 0 Å². The number of aliphatic hydroxyl groups is 1. The molecule has 1 rings (SSSR count). The highest BCUT2D eigenvalue weighted by Gasteiger charge is 2.29. The molecule has 0 aliphatic carbocycles. The summed E-state index contributed by atoms with van der Waals surface area (Å²) in [5.41, 5.74) is 0. The average Bonchev–Trinajstić information content (AvgIpc) is 2.43. The molecule has 3 heteroatoms. The Morgan fingerprint density at radius 3 is 2.92 bits per heavy atom. The van der Waals surface area contributed by atoms with E-state index in [4.69, 9.17) is 9.84 Å². The molecule has 0 radical (unpaired) electrons. The molecule has 0 aromatic rings. The van der Waals surface area contributed by atoms with Gasteiger partial charge in [0, 0.05) is 19.2 Å². The minimum absolute atomic E-state index is 0.277. The molecule has 0 aromatic heterocycles. The van der Waals surface area contributed by atoms with E-state index in [1.54, 1.807) is 0 Å². The van der Waals surface area contributed by atoms with Gasteiger partial charge in [-0.15, -0.1) is 0 Å². The van der Waals surface area contributed by atoms with Gasteiger partial charge in [0.2, 0.25) is 0 Å². The van der Waals surface area contributed by atoms with E-state index in [9.17, 15) is 0 Å². The second-order valence-electron chi connectivity index (χ2n) is 3.36. The summed E-state index contributed by atoms with van der Waals surface area (Å²) < 4.78 is 5.57. The second-order valence-corrected chi connectivity index (χ2v) is 3.36. The van der Waals surface area contributed by atoms with Crippen molar-refractivity contribution in [3.8, 4) is 0 Å². The van der Waals surface area contributed by atoms with Crippen molar-refractivity contribution in [3.63, 3.8) is 0 Å². The average molecular weight is 173 g/mol.